The van der Waals surface area contributed by atoms with E-state index in [9.17, 15) is 9.59 Å². The van der Waals surface area contributed by atoms with E-state index in [1.54, 1.807) is 36.6 Å². The van der Waals surface area contributed by atoms with E-state index in [1.165, 1.54) is 9.78 Å². The Morgan fingerprint density at radius 3 is 2.81 bits per heavy atom. The molecule has 1 atom stereocenters. The summed E-state index contributed by atoms with van der Waals surface area (Å²) in [7, 11) is 1.58. The molecule has 2 aromatic carbocycles. The highest BCUT2D eigenvalue weighted by atomic mass is 32.1. The number of nitrogens with zero attached hydrogens (tertiary/aromatic N) is 2. The van der Waals surface area contributed by atoms with Gasteiger partial charge in [0.25, 0.3) is 5.91 Å². The maximum Gasteiger partial charge on any atom is 0.254 e. The molecule has 0 bridgehead atoms. The van der Waals surface area contributed by atoms with Crippen molar-refractivity contribution < 1.29 is 28.5 Å². The van der Waals surface area contributed by atoms with Crippen LogP contribution < -0.4 is 14.2 Å². The molecule has 1 unspecified atom stereocenters. The number of carbonyl (C=O) groups excluding carboxylic acids is 2. The second-order valence-corrected chi connectivity index (χ2v) is 10.0. The zero-order chi connectivity index (χ0) is 25.8. The summed E-state index contributed by atoms with van der Waals surface area (Å²) in [5.41, 5.74) is 2.59. The topological polar surface area (TPSA) is 77.5 Å². The number of hydrogen-bond acceptors (Lipinski definition) is 7. The van der Waals surface area contributed by atoms with Gasteiger partial charge in [-0.3, -0.25) is 9.59 Å². The van der Waals surface area contributed by atoms with Crippen LogP contribution in [0.2, 0.25) is 0 Å². The minimum atomic E-state index is -0.260. The molecule has 0 saturated heterocycles. The van der Waals surface area contributed by atoms with Crippen LogP contribution in [0.25, 0.3) is 0 Å². The molecule has 3 aromatic rings. The molecular weight excluding hydrogens is 492 g/mol. The van der Waals surface area contributed by atoms with Crippen molar-refractivity contribution in [3.05, 3.63) is 75.5 Å². The van der Waals surface area contributed by atoms with Gasteiger partial charge in [0, 0.05) is 30.6 Å². The Balaban J connectivity index is 1.34. The fourth-order valence-electron chi connectivity index (χ4n) is 4.68. The summed E-state index contributed by atoms with van der Waals surface area (Å²) in [5, 5.41) is 2.06. The lowest BCUT2D eigenvalue weighted by Crippen LogP contribution is -2.48. The summed E-state index contributed by atoms with van der Waals surface area (Å²) in [5.74, 6) is 1.55. The molecule has 0 saturated carbocycles. The number of para-hydroxylation sites is 1. The quantitative estimate of drug-likeness (QED) is 0.422. The van der Waals surface area contributed by atoms with Gasteiger partial charge < -0.3 is 28.7 Å². The predicted molar refractivity (Wildman–Crippen MR) is 139 cm³/mol. The van der Waals surface area contributed by atoms with E-state index in [1.807, 2.05) is 36.1 Å². The summed E-state index contributed by atoms with van der Waals surface area (Å²) in [4.78, 5) is 31.8. The number of ether oxygens (including phenoxy) is 4. The molecule has 0 spiro atoms. The van der Waals surface area contributed by atoms with Crippen LogP contribution in [-0.2, 0) is 16.0 Å². The van der Waals surface area contributed by atoms with Crippen LogP contribution in [-0.4, -0.2) is 68.4 Å². The minimum absolute atomic E-state index is 0.0586. The Labute approximate surface area is 220 Å². The van der Waals surface area contributed by atoms with Gasteiger partial charge in [0.2, 0.25) is 12.7 Å². The van der Waals surface area contributed by atoms with Gasteiger partial charge in [-0.1, -0.05) is 18.2 Å². The number of amides is 2. The summed E-state index contributed by atoms with van der Waals surface area (Å²) in [6.45, 7) is 3.60. The van der Waals surface area contributed by atoms with E-state index in [-0.39, 0.29) is 37.7 Å². The molecule has 37 heavy (non-hydrogen) atoms. The highest BCUT2D eigenvalue weighted by Crippen LogP contribution is 2.35. The maximum atomic E-state index is 13.7. The van der Waals surface area contributed by atoms with Crippen molar-refractivity contribution in [1.29, 1.82) is 0 Å². The molecule has 1 aromatic heterocycles. The molecule has 5 rings (SSSR count). The number of methoxy groups -OCH3 is 1. The standard InChI is InChI=1S/C28H30N2O6S/c1-19-5-3-4-6-23(19)34-17-22-21-10-14-37-26(21)9-11-30(22)27(31)16-29(12-13-33-2)28(32)20-7-8-24-25(15-20)36-18-35-24/h3-8,10,14-15,22H,9,11-13,16-18H2,1-2H3. The molecular formula is C28H30N2O6S. The Morgan fingerprint density at radius 1 is 1.14 bits per heavy atom. The van der Waals surface area contributed by atoms with Crippen molar-refractivity contribution in [3.63, 3.8) is 0 Å². The van der Waals surface area contributed by atoms with Crippen LogP contribution in [0.15, 0.2) is 53.9 Å². The normalized spacial score (nSPS) is 15.8. The fraction of sp³-hybridized carbons (Fsp3) is 0.357. The summed E-state index contributed by atoms with van der Waals surface area (Å²) in [6, 6.07) is 14.8. The number of aryl methyl sites for hydroxylation is 1. The zero-order valence-corrected chi connectivity index (χ0v) is 21.8. The van der Waals surface area contributed by atoms with Crippen LogP contribution >= 0.6 is 11.3 Å². The third-order valence-electron chi connectivity index (χ3n) is 6.70. The molecule has 0 radical (unpaired) electrons. The van der Waals surface area contributed by atoms with Crippen LogP contribution in [0.1, 0.15) is 32.4 Å². The zero-order valence-electron chi connectivity index (χ0n) is 21.0. The Hall–Kier alpha value is -3.56. The monoisotopic (exact) mass is 522 g/mol. The van der Waals surface area contributed by atoms with Gasteiger partial charge in [0.15, 0.2) is 11.5 Å². The third kappa shape index (κ3) is 5.42. The number of thiophene rings is 1. The van der Waals surface area contributed by atoms with Gasteiger partial charge in [-0.25, -0.2) is 0 Å². The minimum Gasteiger partial charge on any atom is -0.491 e. The van der Waals surface area contributed by atoms with Crippen molar-refractivity contribution in [2.75, 3.05) is 46.8 Å². The average Bonchev–Trinajstić information content (AvgIpc) is 3.59. The van der Waals surface area contributed by atoms with Gasteiger partial charge >= 0.3 is 0 Å². The number of rotatable bonds is 9. The average molecular weight is 523 g/mol. The van der Waals surface area contributed by atoms with E-state index in [0.29, 0.717) is 36.8 Å². The number of hydrogen-bond donors (Lipinski definition) is 0. The lowest BCUT2D eigenvalue weighted by atomic mass is 10.00. The molecule has 2 aliphatic rings. The molecule has 0 aliphatic carbocycles. The van der Waals surface area contributed by atoms with E-state index < -0.39 is 0 Å². The van der Waals surface area contributed by atoms with Crippen molar-refractivity contribution >= 4 is 23.2 Å². The summed E-state index contributed by atoms with van der Waals surface area (Å²) < 4.78 is 22.2. The lowest BCUT2D eigenvalue weighted by Gasteiger charge is -2.37. The summed E-state index contributed by atoms with van der Waals surface area (Å²) in [6.07, 6.45) is 0.785. The number of fused-ring (bicyclic) bond motifs is 2. The smallest absolute Gasteiger partial charge is 0.254 e. The predicted octanol–water partition coefficient (Wildman–Crippen LogP) is 4.08. The molecule has 8 nitrogen and oxygen atoms in total. The first-order valence-corrected chi connectivity index (χ1v) is 13.1. The first-order valence-electron chi connectivity index (χ1n) is 12.3. The first-order chi connectivity index (χ1) is 18.0. The number of benzene rings is 2. The van der Waals surface area contributed by atoms with Crippen LogP contribution in [0.5, 0.6) is 17.2 Å². The Kier molecular flexibility index (Phi) is 7.62. The largest absolute Gasteiger partial charge is 0.491 e. The van der Waals surface area contributed by atoms with E-state index in [2.05, 4.69) is 11.4 Å². The van der Waals surface area contributed by atoms with Crippen molar-refractivity contribution in [1.82, 2.24) is 9.80 Å². The Morgan fingerprint density at radius 2 is 1.97 bits per heavy atom. The van der Waals surface area contributed by atoms with Crippen LogP contribution in [0.4, 0.5) is 0 Å². The van der Waals surface area contributed by atoms with Crippen molar-refractivity contribution in [2.45, 2.75) is 19.4 Å². The SMILES string of the molecule is COCCN(CC(=O)N1CCc2sccc2C1COc1ccccc1C)C(=O)c1ccc2c(c1)OCO2. The van der Waals surface area contributed by atoms with E-state index >= 15 is 0 Å². The molecule has 194 valence electrons. The fourth-order valence-corrected chi connectivity index (χ4v) is 5.61. The Bertz CT molecular complexity index is 1280. The lowest BCUT2D eigenvalue weighted by molar-refractivity contribution is -0.135. The highest BCUT2D eigenvalue weighted by molar-refractivity contribution is 7.10. The van der Waals surface area contributed by atoms with Gasteiger partial charge in [-0.2, -0.15) is 0 Å². The van der Waals surface area contributed by atoms with Gasteiger partial charge in [0.1, 0.15) is 18.9 Å². The van der Waals surface area contributed by atoms with Crippen molar-refractivity contribution in [3.8, 4) is 17.2 Å². The molecule has 0 N–H and O–H groups in total. The molecule has 2 aliphatic heterocycles. The van der Waals surface area contributed by atoms with Crippen LogP contribution in [0.3, 0.4) is 0 Å². The van der Waals surface area contributed by atoms with Crippen molar-refractivity contribution in [2.24, 2.45) is 0 Å². The van der Waals surface area contributed by atoms with Crippen LogP contribution in [0, 0.1) is 6.92 Å². The highest BCUT2D eigenvalue weighted by Gasteiger charge is 2.34. The maximum absolute atomic E-state index is 13.7. The molecule has 0 fully saturated rings. The summed E-state index contributed by atoms with van der Waals surface area (Å²) >= 11 is 1.71. The second-order valence-electron chi connectivity index (χ2n) is 9.02. The van der Waals surface area contributed by atoms with Gasteiger partial charge in [-0.05, 0) is 60.2 Å². The second kappa shape index (κ2) is 11.2. The third-order valence-corrected chi connectivity index (χ3v) is 7.70. The number of carbonyl (C=O) groups is 2. The van der Waals surface area contributed by atoms with E-state index in [0.717, 1.165) is 23.3 Å². The molecule has 2 amide bonds. The van der Waals surface area contributed by atoms with E-state index in [4.69, 9.17) is 18.9 Å². The molecule has 9 heteroatoms. The van der Waals surface area contributed by atoms with Gasteiger partial charge in [-0.15, -0.1) is 11.3 Å². The first kappa shape index (κ1) is 25.1. The molecule has 3 heterocycles. The van der Waals surface area contributed by atoms with Gasteiger partial charge in [0.05, 0.1) is 12.6 Å².